The fourth-order valence-corrected chi connectivity index (χ4v) is 1.37. The molecule has 0 aliphatic heterocycles. The Kier molecular flexibility index (Phi) is 5.11. The Hall–Kier alpha value is -0.740. The fraction of sp³-hybridized carbons (Fsp3) is 0.400. The maximum absolute atomic E-state index is 12.3. The number of aryl methyl sites for hydroxylation is 1. The van der Waals surface area contributed by atoms with Gasteiger partial charge in [-0.05, 0) is 37.1 Å². The first-order valence-corrected chi connectivity index (χ1v) is 4.32. The molecule has 0 aliphatic carbocycles. The summed E-state index contributed by atoms with van der Waals surface area (Å²) in [6, 6.07) is 4.12. The molecule has 0 aromatic heterocycles. The van der Waals surface area contributed by atoms with Crippen molar-refractivity contribution in [2.75, 3.05) is 6.54 Å². The third-order valence-corrected chi connectivity index (χ3v) is 2.03. The molecule has 0 atom stereocenters. The van der Waals surface area contributed by atoms with Crippen LogP contribution in [0, 0.1) is 6.92 Å². The number of hydrogen-bond acceptors (Lipinski definition) is 1. The summed E-state index contributed by atoms with van der Waals surface area (Å²) in [6.07, 6.45) is -3.65. The molecule has 1 rings (SSSR count). The van der Waals surface area contributed by atoms with Gasteiger partial charge in [-0.1, -0.05) is 12.1 Å². The predicted molar refractivity (Wildman–Crippen MR) is 56.2 cm³/mol. The summed E-state index contributed by atoms with van der Waals surface area (Å²) in [7, 11) is 0. The number of nitrogens with two attached hydrogens (primary N) is 1. The number of benzene rings is 1. The van der Waals surface area contributed by atoms with E-state index >= 15 is 0 Å². The molecule has 5 heteroatoms. The van der Waals surface area contributed by atoms with E-state index in [4.69, 9.17) is 5.73 Å². The van der Waals surface area contributed by atoms with E-state index < -0.39 is 11.7 Å². The van der Waals surface area contributed by atoms with Crippen LogP contribution in [0.2, 0.25) is 0 Å². The summed E-state index contributed by atoms with van der Waals surface area (Å²) in [6.45, 7) is 1.91. The minimum Gasteiger partial charge on any atom is -0.330 e. The van der Waals surface area contributed by atoms with Crippen molar-refractivity contribution in [1.29, 1.82) is 0 Å². The van der Waals surface area contributed by atoms with Gasteiger partial charge >= 0.3 is 6.18 Å². The molecule has 86 valence electrons. The van der Waals surface area contributed by atoms with Gasteiger partial charge in [-0.25, -0.2) is 0 Å². The second-order valence-corrected chi connectivity index (χ2v) is 3.19. The van der Waals surface area contributed by atoms with E-state index in [1.54, 1.807) is 0 Å². The highest BCUT2D eigenvalue weighted by molar-refractivity contribution is 5.85. The number of rotatable bonds is 2. The van der Waals surface area contributed by atoms with Crippen LogP contribution in [0.5, 0.6) is 0 Å². The molecule has 0 saturated carbocycles. The third kappa shape index (κ3) is 3.72. The van der Waals surface area contributed by atoms with Crippen LogP contribution in [0.1, 0.15) is 16.7 Å². The van der Waals surface area contributed by atoms with Crippen LogP contribution < -0.4 is 5.73 Å². The van der Waals surface area contributed by atoms with Crippen LogP contribution in [-0.4, -0.2) is 6.54 Å². The Labute approximate surface area is 92.9 Å². The molecule has 0 bridgehead atoms. The molecule has 0 saturated heterocycles. The molecular weight excluding hydrogens is 227 g/mol. The van der Waals surface area contributed by atoms with Gasteiger partial charge in [0.15, 0.2) is 0 Å². The average molecular weight is 240 g/mol. The van der Waals surface area contributed by atoms with Crippen molar-refractivity contribution in [3.8, 4) is 0 Å². The number of halogens is 4. The van der Waals surface area contributed by atoms with Crippen LogP contribution in [0.15, 0.2) is 18.2 Å². The summed E-state index contributed by atoms with van der Waals surface area (Å²) in [5.41, 5.74) is 5.84. The predicted octanol–water partition coefficient (Wildman–Crippen LogP) is 2.94. The van der Waals surface area contributed by atoms with Crippen LogP contribution in [0.3, 0.4) is 0 Å². The monoisotopic (exact) mass is 239 g/mol. The van der Waals surface area contributed by atoms with Gasteiger partial charge in [-0.3, -0.25) is 0 Å². The van der Waals surface area contributed by atoms with E-state index in [2.05, 4.69) is 0 Å². The van der Waals surface area contributed by atoms with Crippen molar-refractivity contribution in [2.45, 2.75) is 19.5 Å². The maximum atomic E-state index is 12.3. The first-order valence-electron chi connectivity index (χ1n) is 4.32. The first-order chi connectivity index (χ1) is 6.45. The Morgan fingerprint density at radius 1 is 1.27 bits per heavy atom. The lowest BCUT2D eigenvalue weighted by Crippen LogP contribution is -2.09. The van der Waals surface area contributed by atoms with E-state index in [9.17, 15) is 13.2 Å². The topological polar surface area (TPSA) is 26.0 Å². The summed E-state index contributed by atoms with van der Waals surface area (Å²) in [4.78, 5) is 0. The van der Waals surface area contributed by atoms with Crippen molar-refractivity contribution in [1.82, 2.24) is 0 Å². The third-order valence-electron chi connectivity index (χ3n) is 2.03. The highest BCUT2D eigenvalue weighted by atomic mass is 35.5. The van der Waals surface area contributed by atoms with Crippen molar-refractivity contribution < 1.29 is 13.2 Å². The first kappa shape index (κ1) is 14.3. The van der Waals surface area contributed by atoms with Gasteiger partial charge in [-0.15, -0.1) is 12.4 Å². The fourth-order valence-electron chi connectivity index (χ4n) is 1.37. The number of alkyl halides is 3. The van der Waals surface area contributed by atoms with E-state index in [1.807, 2.05) is 0 Å². The molecule has 0 spiro atoms. The second kappa shape index (κ2) is 5.37. The normalized spacial score (nSPS) is 11.0. The van der Waals surface area contributed by atoms with Crippen molar-refractivity contribution in [2.24, 2.45) is 5.73 Å². The van der Waals surface area contributed by atoms with E-state index in [-0.39, 0.29) is 18.0 Å². The summed E-state index contributed by atoms with van der Waals surface area (Å²) >= 11 is 0. The van der Waals surface area contributed by atoms with Crippen LogP contribution in [0.25, 0.3) is 0 Å². The molecule has 15 heavy (non-hydrogen) atoms. The lowest BCUT2D eigenvalue weighted by Gasteiger charge is -2.11. The molecular formula is C10H13ClF3N. The largest absolute Gasteiger partial charge is 0.416 e. The highest BCUT2D eigenvalue weighted by Gasteiger charge is 2.31. The van der Waals surface area contributed by atoms with Crippen LogP contribution in [0.4, 0.5) is 13.2 Å². The Balaban J connectivity index is 0.00000196. The Morgan fingerprint density at radius 2 is 1.87 bits per heavy atom. The molecule has 0 radical (unpaired) electrons. The minimum absolute atomic E-state index is 0. The second-order valence-electron chi connectivity index (χ2n) is 3.19. The summed E-state index contributed by atoms with van der Waals surface area (Å²) in [5.74, 6) is 0. The van der Waals surface area contributed by atoms with Crippen molar-refractivity contribution in [3.05, 3.63) is 34.9 Å². The smallest absolute Gasteiger partial charge is 0.330 e. The van der Waals surface area contributed by atoms with Crippen LogP contribution in [-0.2, 0) is 12.6 Å². The average Bonchev–Trinajstić information content (AvgIpc) is 2.02. The van der Waals surface area contributed by atoms with E-state index in [0.717, 1.165) is 11.6 Å². The SMILES string of the molecule is Cc1cc(CCN)ccc1C(F)(F)F.Cl. The molecule has 0 amide bonds. The van der Waals surface area contributed by atoms with Crippen molar-refractivity contribution >= 4 is 12.4 Å². The van der Waals surface area contributed by atoms with Gasteiger partial charge in [0.1, 0.15) is 0 Å². The zero-order valence-electron chi connectivity index (χ0n) is 8.27. The van der Waals surface area contributed by atoms with Gasteiger partial charge < -0.3 is 5.73 Å². The van der Waals surface area contributed by atoms with Gasteiger partial charge in [0.25, 0.3) is 0 Å². The van der Waals surface area contributed by atoms with E-state index in [0.29, 0.717) is 13.0 Å². The molecule has 1 aromatic carbocycles. The zero-order chi connectivity index (χ0) is 10.8. The minimum atomic E-state index is -4.26. The standard InChI is InChI=1S/C10H12F3N.ClH/c1-7-6-8(4-5-14)2-3-9(7)10(11,12)13;/h2-3,6H,4-5,14H2,1H3;1H. The molecule has 2 N–H and O–H groups in total. The molecule has 0 aliphatic rings. The summed E-state index contributed by atoms with van der Waals surface area (Å²) < 4.78 is 37.0. The molecule has 0 heterocycles. The summed E-state index contributed by atoms with van der Waals surface area (Å²) in [5, 5.41) is 0. The maximum Gasteiger partial charge on any atom is 0.416 e. The molecule has 0 fully saturated rings. The van der Waals surface area contributed by atoms with Gasteiger partial charge in [0.05, 0.1) is 5.56 Å². The Bertz CT molecular complexity index is 323. The van der Waals surface area contributed by atoms with Crippen LogP contribution >= 0.6 is 12.4 Å². The molecule has 0 unspecified atom stereocenters. The quantitative estimate of drug-likeness (QED) is 0.844. The van der Waals surface area contributed by atoms with Gasteiger partial charge in [0, 0.05) is 0 Å². The van der Waals surface area contributed by atoms with Gasteiger partial charge in [0.2, 0.25) is 0 Å². The lowest BCUT2D eigenvalue weighted by molar-refractivity contribution is -0.138. The molecule has 1 aromatic rings. The van der Waals surface area contributed by atoms with E-state index in [1.165, 1.54) is 19.1 Å². The van der Waals surface area contributed by atoms with Crippen molar-refractivity contribution in [3.63, 3.8) is 0 Å². The Morgan fingerprint density at radius 3 is 2.27 bits per heavy atom. The highest BCUT2D eigenvalue weighted by Crippen LogP contribution is 2.31. The molecule has 1 nitrogen and oxygen atoms in total. The number of hydrogen-bond donors (Lipinski definition) is 1. The van der Waals surface area contributed by atoms with Gasteiger partial charge in [-0.2, -0.15) is 13.2 Å². The zero-order valence-corrected chi connectivity index (χ0v) is 9.08. The lowest BCUT2D eigenvalue weighted by atomic mass is 10.0.